The molecule has 180 valence electrons. The first-order valence-corrected chi connectivity index (χ1v) is 12.1. The second-order valence-electron chi connectivity index (χ2n) is 8.99. The Labute approximate surface area is 226 Å². The van der Waals surface area contributed by atoms with E-state index >= 15 is 0 Å². The smallest absolute Gasteiger partial charge is 0.192 e. The van der Waals surface area contributed by atoms with Crippen LogP contribution < -0.4 is 0 Å². The number of allylic oxidation sites excluding steroid dienone is 4. The average Bonchev–Trinajstić information content (AvgIpc) is 3.32. The number of aliphatic imine (C=N–C) groups is 1. The molecule has 5 heteroatoms. The highest BCUT2D eigenvalue weighted by molar-refractivity contribution is 6.61. The molecule has 5 rings (SSSR count). The summed E-state index contributed by atoms with van der Waals surface area (Å²) in [5.41, 5.74) is 9.87. The molecule has 0 fully saturated rings. The third-order valence-electron chi connectivity index (χ3n) is 6.63. The van der Waals surface area contributed by atoms with Crippen LogP contribution in [0, 0.1) is 52.4 Å². The molecule has 0 amide bonds. The number of benzene rings is 4. The molecule has 0 saturated carbocycles. The van der Waals surface area contributed by atoms with Gasteiger partial charge >= 0.3 is 0 Å². The Morgan fingerprint density at radius 3 is 1.05 bits per heavy atom. The van der Waals surface area contributed by atoms with Crippen LogP contribution in [0.3, 0.4) is 0 Å². The SMILES string of the molecule is Cc1ccc(C2=C(c3ccc(C#N)cc3)C(c3ccc(C#N)cc3)=C(c3ccc(C#N)cc3)C2=NC#N)cc1. The topological polar surface area (TPSA) is 108 Å². The van der Waals surface area contributed by atoms with Crippen molar-refractivity contribution in [1.82, 2.24) is 0 Å². The van der Waals surface area contributed by atoms with Crippen LogP contribution >= 0.6 is 0 Å². The van der Waals surface area contributed by atoms with Crippen LogP contribution in [0.4, 0.5) is 0 Å². The lowest BCUT2D eigenvalue weighted by Gasteiger charge is -2.14. The first kappa shape index (κ1) is 24.7. The van der Waals surface area contributed by atoms with E-state index in [-0.39, 0.29) is 0 Å². The van der Waals surface area contributed by atoms with Gasteiger partial charge in [0, 0.05) is 22.3 Å². The van der Waals surface area contributed by atoms with E-state index in [9.17, 15) is 21.0 Å². The van der Waals surface area contributed by atoms with Gasteiger partial charge in [0.05, 0.1) is 40.6 Å². The molecule has 0 heterocycles. The largest absolute Gasteiger partial charge is 0.206 e. The summed E-state index contributed by atoms with van der Waals surface area (Å²) in [7, 11) is 0. The van der Waals surface area contributed by atoms with Gasteiger partial charge in [0.1, 0.15) is 0 Å². The van der Waals surface area contributed by atoms with E-state index in [1.54, 1.807) is 36.4 Å². The average molecular weight is 498 g/mol. The molecule has 39 heavy (non-hydrogen) atoms. The van der Waals surface area contributed by atoms with Crippen molar-refractivity contribution in [3.63, 3.8) is 0 Å². The lowest BCUT2D eigenvalue weighted by atomic mass is 9.88. The zero-order valence-electron chi connectivity index (χ0n) is 21.0. The van der Waals surface area contributed by atoms with Gasteiger partial charge in [-0.2, -0.15) is 26.0 Å². The van der Waals surface area contributed by atoms with E-state index in [1.807, 2.05) is 73.8 Å². The highest BCUT2D eigenvalue weighted by Gasteiger charge is 2.34. The van der Waals surface area contributed by atoms with Crippen LogP contribution in [0.1, 0.15) is 44.5 Å². The number of aryl methyl sites for hydroxylation is 1. The highest BCUT2D eigenvalue weighted by atomic mass is 14.7. The number of nitriles is 4. The van der Waals surface area contributed by atoms with Crippen molar-refractivity contribution in [2.45, 2.75) is 6.92 Å². The first-order valence-electron chi connectivity index (χ1n) is 12.1. The Morgan fingerprint density at radius 2 is 0.744 bits per heavy atom. The van der Waals surface area contributed by atoms with E-state index < -0.39 is 0 Å². The Balaban J connectivity index is 1.92. The molecule has 0 atom stereocenters. The Hall–Kier alpha value is -6.01. The van der Waals surface area contributed by atoms with Crippen molar-refractivity contribution in [2.75, 3.05) is 0 Å². The van der Waals surface area contributed by atoms with Gasteiger partial charge in [-0.3, -0.25) is 0 Å². The minimum absolute atomic E-state index is 0.518. The van der Waals surface area contributed by atoms with Gasteiger partial charge in [-0.1, -0.05) is 66.2 Å². The molecule has 0 aliphatic heterocycles. The Morgan fingerprint density at radius 1 is 0.436 bits per heavy atom. The fourth-order valence-electron chi connectivity index (χ4n) is 4.77. The predicted molar refractivity (Wildman–Crippen MR) is 151 cm³/mol. The van der Waals surface area contributed by atoms with E-state index in [2.05, 4.69) is 23.2 Å². The summed E-state index contributed by atoms with van der Waals surface area (Å²) in [6, 6.07) is 36.4. The monoisotopic (exact) mass is 497 g/mol. The lowest BCUT2D eigenvalue weighted by molar-refractivity contribution is 1.43. The highest BCUT2D eigenvalue weighted by Crippen LogP contribution is 2.50. The predicted octanol–water partition coefficient (Wildman–Crippen LogP) is 7.07. The molecule has 0 aromatic heterocycles. The quantitative estimate of drug-likeness (QED) is 0.281. The van der Waals surface area contributed by atoms with E-state index in [4.69, 9.17) is 0 Å². The zero-order valence-corrected chi connectivity index (χ0v) is 21.0. The number of rotatable bonds is 4. The summed E-state index contributed by atoms with van der Waals surface area (Å²) in [6.45, 7) is 2.02. The van der Waals surface area contributed by atoms with Gasteiger partial charge in [0.25, 0.3) is 0 Å². The second kappa shape index (κ2) is 10.5. The van der Waals surface area contributed by atoms with E-state index in [0.29, 0.717) is 22.4 Å². The first-order chi connectivity index (χ1) is 19.1. The van der Waals surface area contributed by atoms with Crippen LogP contribution in [0.15, 0.2) is 102 Å². The summed E-state index contributed by atoms with van der Waals surface area (Å²) in [4.78, 5) is 4.36. The molecule has 0 saturated heterocycles. The summed E-state index contributed by atoms with van der Waals surface area (Å²) in [6.07, 6.45) is 2.00. The van der Waals surface area contributed by atoms with Crippen molar-refractivity contribution < 1.29 is 0 Å². The lowest BCUT2D eigenvalue weighted by Crippen LogP contribution is -2.03. The van der Waals surface area contributed by atoms with Gasteiger partial charge in [-0.15, -0.1) is 0 Å². The summed E-state index contributed by atoms with van der Waals surface area (Å²) < 4.78 is 0. The molecule has 1 aliphatic carbocycles. The van der Waals surface area contributed by atoms with Gasteiger partial charge in [-0.05, 0) is 65.6 Å². The Bertz CT molecular complexity index is 1840. The number of hydrogen-bond acceptors (Lipinski definition) is 5. The molecular weight excluding hydrogens is 478 g/mol. The second-order valence-corrected chi connectivity index (χ2v) is 8.99. The maximum absolute atomic E-state index is 9.83. The van der Waals surface area contributed by atoms with E-state index in [1.165, 1.54) is 0 Å². The maximum atomic E-state index is 9.83. The van der Waals surface area contributed by atoms with Crippen molar-refractivity contribution in [2.24, 2.45) is 4.99 Å². The number of hydrogen-bond donors (Lipinski definition) is 0. The molecule has 1 aliphatic rings. The van der Waals surface area contributed by atoms with Crippen LogP contribution in [0.2, 0.25) is 0 Å². The molecule has 0 bridgehead atoms. The van der Waals surface area contributed by atoms with Crippen LogP contribution in [-0.2, 0) is 0 Å². The molecule has 0 N–H and O–H groups in total. The van der Waals surface area contributed by atoms with Crippen molar-refractivity contribution in [3.05, 3.63) is 142 Å². The molecule has 5 nitrogen and oxygen atoms in total. The molecular formula is C34H19N5. The normalized spacial score (nSPS) is 13.5. The van der Waals surface area contributed by atoms with Crippen molar-refractivity contribution in [3.8, 4) is 24.4 Å². The fourth-order valence-corrected chi connectivity index (χ4v) is 4.77. The van der Waals surface area contributed by atoms with Gasteiger partial charge < -0.3 is 0 Å². The van der Waals surface area contributed by atoms with Crippen LogP contribution in [0.5, 0.6) is 0 Å². The minimum Gasteiger partial charge on any atom is -0.192 e. The van der Waals surface area contributed by atoms with E-state index in [0.717, 1.165) is 50.1 Å². The minimum atomic E-state index is 0.518. The molecule has 0 unspecified atom stereocenters. The third-order valence-corrected chi connectivity index (χ3v) is 6.63. The summed E-state index contributed by atoms with van der Waals surface area (Å²) in [5, 5.41) is 38.0. The van der Waals surface area contributed by atoms with Crippen LogP contribution in [0.25, 0.3) is 22.3 Å². The van der Waals surface area contributed by atoms with Gasteiger partial charge in [0.15, 0.2) is 0 Å². The number of nitrogens with zero attached hydrogens (tertiary/aromatic N) is 5. The van der Waals surface area contributed by atoms with Gasteiger partial charge in [0.2, 0.25) is 6.19 Å². The zero-order chi connectivity index (χ0) is 27.4. The fraction of sp³-hybridized carbons (Fsp3) is 0.0294. The van der Waals surface area contributed by atoms with Crippen LogP contribution in [-0.4, -0.2) is 5.71 Å². The molecule has 0 spiro atoms. The van der Waals surface area contributed by atoms with Crippen molar-refractivity contribution in [1.29, 1.82) is 21.0 Å². The maximum Gasteiger partial charge on any atom is 0.206 e. The summed E-state index contributed by atoms with van der Waals surface area (Å²) >= 11 is 0. The molecule has 4 aromatic carbocycles. The Kier molecular flexibility index (Phi) is 6.67. The van der Waals surface area contributed by atoms with Gasteiger partial charge in [-0.25, -0.2) is 0 Å². The van der Waals surface area contributed by atoms with Crippen molar-refractivity contribution >= 4 is 28.0 Å². The standard InChI is InChI=1S/C34H19N5/c1-22-2-10-28(11-3-22)32-30(26-12-4-23(18-35)5-13-26)31(27-14-6-24(19-36)7-15-27)33(34(32)39-21-38)29-16-8-25(20-37)9-17-29/h2-17H,1H3. The summed E-state index contributed by atoms with van der Waals surface area (Å²) in [5.74, 6) is 0. The molecule has 0 radical (unpaired) electrons. The molecule has 4 aromatic rings. The third kappa shape index (κ3) is 4.61.